The first-order chi connectivity index (χ1) is 21.9. The van der Waals surface area contributed by atoms with Crippen LogP contribution in [0.25, 0.3) is 33.5 Å². The Bertz CT molecular complexity index is 2150. The van der Waals surface area contributed by atoms with Gasteiger partial charge in [0.25, 0.3) is 10.0 Å². The molecule has 1 aliphatic heterocycles. The first-order valence-electron chi connectivity index (χ1n) is 14.0. The molecule has 4 heterocycles. The number of benzene rings is 3. The Morgan fingerprint density at radius 1 is 0.822 bits per heavy atom. The minimum absolute atomic E-state index is 0.173. The summed E-state index contributed by atoms with van der Waals surface area (Å²) >= 11 is 0. The Kier molecular flexibility index (Phi) is 7.81. The molecule has 0 aliphatic carbocycles. The zero-order valence-electron chi connectivity index (χ0n) is 23.7. The Balaban J connectivity index is 1.04. The smallest absolute Gasteiger partial charge is 0.0622 e. The number of anilines is 2. The van der Waals surface area contributed by atoms with Gasteiger partial charge in [-0.1, -0.05) is 18.2 Å². The van der Waals surface area contributed by atoms with E-state index >= 15 is 0 Å². The number of hydrogen-bond acceptors (Lipinski definition) is 11. The predicted octanol–water partition coefficient (Wildman–Crippen LogP) is 3.73. The van der Waals surface area contributed by atoms with Crippen molar-refractivity contribution < 1.29 is 12.5 Å². The molecule has 3 aromatic carbocycles. The molecule has 15 heteroatoms. The predicted molar refractivity (Wildman–Crippen MR) is 170 cm³/mol. The first kappa shape index (κ1) is 28.8. The van der Waals surface area contributed by atoms with E-state index in [1.165, 1.54) is 18.3 Å². The van der Waals surface area contributed by atoms with Crippen LogP contribution in [0.4, 0.5) is 11.5 Å². The monoisotopic (exact) mass is 638 g/mol. The van der Waals surface area contributed by atoms with Crippen molar-refractivity contribution in [2.45, 2.75) is 9.79 Å². The molecule has 45 heavy (non-hydrogen) atoms. The van der Waals surface area contributed by atoms with Crippen molar-refractivity contribution in [1.29, 1.82) is 0 Å². The van der Waals surface area contributed by atoms with E-state index in [2.05, 4.69) is 40.2 Å². The second-order valence-corrected chi connectivity index (χ2v) is 13.4. The Hall–Kier alpha value is -4.96. The van der Waals surface area contributed by atoms with E-state index in [1.54, 1.807) is 36.7 Å². The molecule has 0 saturated carbocycles. The summed E-state index contributed by atoms with van der Waals surface area (Å²) in [6.45, 7) is 2.47. The van der Waals surface area contributed by atoms with Crippen LogP contribution in [0.15, 0.2) is 107 Å². The van der Waals surface area contributed by atoms with E-state index in [0.29, 0.717) is 48.1 Å². The van der Waals surface area contributed by atoms with Crippen molar-refractivity contribution in [1.82, 2.24) is 39.9 Å². The minimum Gasteiger partial charge on any atom is -0.0622 e. The van der Waals surface area contributed by atoms with Crippen LogP contribution in [-0.4, -0.2) is 74.5 Å². The molecule has 0 unspecified atom stereocenters. The number of aromatic nitrogens is 7. The molecule has 1 fully saturated rings. The van der Waals surface area contributed by atoms with Gasteiger partial charge in [0.05, 0.1) is 16.8 Å². The molecule has 0 bridgehead atoms. The molecule has 6 aromatic rings. The summed E-state index contributed by atoms with van der Waals surface area (Å²) in [5, 5.41) is 14.0. The van der Waals surface area contributed by atoms with Gasteiger partial charge in [0.2, 0.25) is 0 Å². The maximum atomic E-state index is 13.3. The molecule has 7 rings (SSSR count). The molecule has 0 radical (unpaired) electrons. The van der Waals surface area contributed by atoms with E-state index in [4.69, 9.17) is 4.98 Å². The second-order valence-electron chi connectivity index (χ2n) is 10.2. The number of piperazine rings is 1. The second kappa shape index (κ2) is 12.2. The topological polar surface area (TPSA) is 166 Å². The summed E-state index contributed by atoms with van der Waals surface area (Å²) in [5.74, 6) is 1.22. The fraction of sp³-hybridized carbons (Fsp3) is 0.133. The number of pyridine rings is 1. The van der Waals surface area contributed by atoms with Gasteiger partial charge in [-0.3, -0.25) is 9.71 Å². The summed E-state index contributed by atoms with van der Waals surface area (Å²) in [7, 11) is -5.05. The fourth-order valence-corrected chi connectivity index (χ4v) is 7.25. The van der Waals surface area contributed by atoms with Gasteiger partial charge in [-0.15, -0.1) is 0 Å². The summed E-state index contributed by atoms with van der Waals surface area (Å²) in [4.78, 5) is 16.8. The van der Waals surface area contributed by atoms with Crippen molar-refractivity contribution in [3.8, 4) is 22.5 Å². The molecule has 0 atom stereocenters. The van der Waals surface area contributed by atoms with Gasteiger partial charge in [0.1, 0.15) is 0 Å². The third kappa shape index (κ3) is 6.19. The van der Waals surface area contributed by atoms with Crippen LogP contribution in [-0.2, 0) is 24.9 Å². The van der Waals surface area contributed by atoms with Crippen LogP contribution in [0, 0.1) is 0 Å². The normalized spacial score (nSPS) is 14.2. The maximum absolute atomic E-state index is 13.3. The zero-order chi connectivity index (χ0) is 30.8. The summed E-state index contributed by atoms with van der Waals surface area (Å²) < 4.78 is 43.4. The van der Waals surface area contributed by atoms with Crippen molar-refractivity contribution in [2.24, 2.45) is 0 Å². The number of nitrogens with zero attached hydrogens (tertiary/aromatic N) is 8. The number of tetrazole rings is 1. The van der Waals surface area contributed by atoms with E-state index in [-0.39, 0.29) is 4.90 Å². The van der Waals surface area contributed by atoms with Crippen LogP contribution in [0.2, 0.25) is 0 Å². The van der Waals surface area contributed by atoms with E-state index in [9.17, 15) is 12.5 Å². The molecule has 1 saturated heterocycles. The van der Waals surface area contributed by atoms with Crippen molar-refractivity contribution in [2.75, 3.05) is 35.8 Å². The molecule has 0 spiro atoms. The standard InChI is InChI=1S/C30H26N10O3S2/c41-44(25-9-6-21(7-10-25)30-34-37-38-35-30)40-14-12-39(13-15-40)29-20-32-27-11-8-22(17-28(27)33-29)23-16-24(19-31-18-23)36-45(42,43)26-4-2-1-3-5-26/h1-11,16-20,36H,12-15H2,(H,34,35,37,38). The molecule has 13 nitrogen and oxygen atoms in total. The van der Waals surface area contributed by atoms with Gasteiger partial charge >= 0.3 is 186 Å². The van der Waals surface area contributed by atoms with Crippen LogP contribution < -0.4 is 9.62 Å². The van der Waals surface area contributed by atoms with Crippen LogP contribution in [0.3, 0.4) is 0 Å². The molecule has 0 amide bonds. The minimum atomic E-state index is -3.75. The van der Waals surface area contributed by atoms with Gasteiger partial charge in [0, 0.05) is 0 Å². The van der Waals surface area contributed by atoms with Crippen LogP contribution >= 0.6 is 0 Å². The zero-order valence-corrected chi connectivity index (χ0v) is 25.3. The number of rotatable bonds is 6. The van der Waals surface area contributed by atoms with E-state index < -0.39 is 20.9 Å². The number of hydrogen-bond donors (Lipinski definition) is 2. The number of nitrogens with one attached hydrogen (secondary N) is 2. The number of H-pyrrole nitrogens is 1. The van der Waals surface area contributed by atoms with Crippen molar-refractivity contribution in [3.63, 3.8) is 0 Å². The quantitative estimate of drug-likeness (QED) is 0.203. The van der Waals surface area contributed by atoms with Gasteiger partial charge in [-0.05, 0) is 12.1 Å². The molecule has 2 N–H and O–H groups in total. The first-order valence-corrected chi connectivity index (χ1v) is 16.6. The molecular weight excluding hydrogens is 613 g/mol. The van der Waals surface area contributed by atoms with Crippen LogP contribution in [0.5, 0.6) is 0 Å². The molecular formula is C30H26N10O3S2. The SMILES string of the molecule is O=S(=O)(Nc1cncc(-c2ccc3ncc(N4CCN([S-](#[O+])c5ccc(-c6nn[nH]n6)cc5)CC4)nc3c2)c1)c1ccccc1. The Morgan fingerprint density at radius 2 is 1.60 bits per heavy atom. The number of aromatic amines is 1. The molecule has 3 aromatic heterocycles. The third-order valence-corrected chi connectivity index (χ3v) is 10.3. The average Bonchev–Trinajstić information content (AvgIpc) is 3.63. The van der Waals surface area contributed by atoms with Gasteiger partial charge in [-0.25, -0.2) is 8.42 Å². The Morgan fingerprint density at radius 3 is 2.36 bits per heavy atom. The van der Waals surface area contributed by atoms with E-state index in [1.807, 2.05) is 46.8 Å². The van der Waals surface area contributed by atoms with E-state index in [0.717, 1.165) is 28.0 Å². The number of fused-ring (bicyclic) bond motifs is 1. The number of sulfonamides is 1. The summed E-state index contributed by atoms with van der Waals surface area (Å²) in [6, 6.07) is 23.0. The van der Waals surface area contributed by atoms with Crippen LogP contribution in [0.1, 0.15) is 0 Å². The molecule has 226 valence electrons. The van der Waals surface area contributed by atoms with Gasteiger partial charge in [0.15, 0.2) is 0 Å². The van der Waals surface area contributed by atoms with Gasteiger partial charge in [-0.2, -0.15) is 0 Å². The average molecular weight is 639 g/mol. The summed E-state index contributed by atoms with van der Waals surface area (Å²) in [5.41, 5.74) is 4.15. The fourth-order valence-electron chi connectivity index (χ4n) is 5.04. The van der Waals surface area contributed by atoms with Gasteiger partial charge < -0.3 is 0 Å². The van der Waals surface area contributed by atoms with Crippen molar-refractivity contribution in [3.05, 3.63) is 97.5 Å². The molecule has 1 aliphatic rings. The van der Waals surface area contributed by atoms with Crippen molar-refractivity contribution >= 4 is 43.4 Å². The Labute approximate surface area is 260 Å². The third-order valence-electron chi connectivity index (χ3n) is 7.36. The summed E-state index contributed by atoms with van der Waals surface area (Å²) in [6.07, 6.45) is 4.91.